The highest BCUT2D eigenvalue weighted by Gasteiger charge is 2.28. The largest absolute Gasteiger partial charge is 0.487 e. The van der Waals surface area contributed by atoms with Crippen LogP contribution in [0, 0.1) is 0 Å². The van der Waals surface area contributed by atoms with Crippen LogP contribution >= 0.6 is 19.4 Å². The maximum absolute atomic E-state index is 10.8. The fraction of sp³-hybridized carbons (Fsp3) is 0.684. The monoisotopic (exact) mass is 419 g/mol. The second kappa shape index (κ2) is 11.4. The number of benzene rings is 1. The molecule has 0 radical (unpaired) electrons. The SMILES string of the molecule is CCCCCCCCc1ccc(O[C@@H]2CN[C@H](COP(=O)(O)O)C2)c(Cl)c1. The van der Waals surface area contributed by atoms with Crippen LogP contribution < -0.4 is 10.1 Å². The van der Waals surface area contributed by atoms with Crippen LogP contribution in [0.1, 0.15) is 57.4 Å². The molecule has 154 valence electrons. The van der Waals surface area contributed by atoms with E-state index in [2.05, 4.69) is 22.8 Å². The van der Waals surface area contributed by atoms with Crippen molar-refractivity contribution in [2.75, 3.05) is 13.2 Å². The Bertz CT molecular complexity index is 624. The third-order valence-corrected chi connectivity index (χ3v) is 5.52. The molecule has 27 heavy (non-hydrogen) atoms. The van der Waals surface area contributed by atoms with E-state index in [1.165, 1.54) is 44.1 Å². The summed E-state index contributed by atoms with van der Waals surface area (Å²) >= 11 is 6.37. The molecule has 1 saturated heterocycles. The molecule has 2 rings (SSSR count). The number of hydrogen-bond donors (Lipinski definition) is 3. The first kappa shape index (κ1) is 22.7. The molecule has 6 nitrogen and oxygen atoms in total. The van der Waals surface area contributed by atoms with Gasteiger partial charge in [-0.1, -0.05) is 56.7 Å². The maximum atomic E-state index is 10.8. The highest BCUT2D eigenvalue weighted by atomic mass is 35.5. The van der Waals surface area contributed by atoms with Crippen LogP contribution in [0.5, 0.6) is 5.75 Å². The lowest BCUT2D eigenvalue weighted by Gasteiger charge is -2.15. The Hall–Kier alpha value is -0.620. The highest BCUT2D eigenvalue weighted by Crippen LogP contribution is 2.36. The van der Waals surface area contributed by atoms with Crippen LogP contribution in [0.3, 0.4) is 0 Å². The minimum Gasteiger partial charge on any atom is -0.487 e. The number of rotatable bonds is 12. The molecular weight excluding hydrogens is 389 g/mol. The van der Waals surface area contributed by atoms with Crippen molar-refractivity contribution in [3.63, 3.8) is 0 Å². The van der Waals surface area contributed by atoms with Gasteiger partial charge in [0.25, 0.3) is 0 Å². The van der Waals surface area contributed by atoms with Crippen molar-refractivity contribution in [1.82, 2.24) is 5.32 Å². The van der Waals surface area contributed by atoms with E-state index in [9.17, 15) is 4.57 Å². The van der Waals surface area contributed by atoms with E-state index in [1.54, 1.807) is 0 Å². The molecule has 0 unspecified atom stereocenters. The molecule has 8 heteroatoms. The Morgan fingerprint density at radius 3 is 2.67 bits per heavy atom. The van der Waals surface area contributed by atoms with Gasteiger partial charge in [0, 0.05) is 19.0 Å². The third kappa shape index (κ3) is 8.95. The molecule has 3 N–H and O–H groups in total. The molecular formula is C19H31ClNO5P. The number of halogens is 1. The summed E-state index contributed by atoms with van der Waals surface area (Å²) in [5, 5.41) is 3.75. The molecule has 1 aliphatic rings. The van der Waals surface area contributed by atoms with Crippen LogP contribution in [0.2, 0.25) is 5.02 Å². The van der Waals surface area contributed by atoms with Crippen molar-refractivity contribution in [3.05, 3.63) is 28.8 Å². The van der Waals surface area contributed by atoms with Gasteiger partial charge in [0.15, 0.2) is 0 Å². The molecule has 0 amide bonds. The van der Waals surface area contributed by atoms with E-state index in [4.69, 9.17) is 26.1 Å². The van der Waals surface area contributed by atoms with E-state index in [1.807, 2.05) is 12.1 Å². The lowest BCUT2D eigenvalue weighted by molar-refractivity contribution is 0.173. The first-order valence-electron chi connectivity index (χ1n) is 9.76. The van der Waals surface area contributed by atoms with Gasteiger partial charge in [-0.05, 0) is 30.5 Å². The normalized spacial score (nSPS) is 20.1. The second-order valence-electron chi connectivity index (χ2n) is 7.15. The van der Waals surface area contributed by atoms with Gasteiger partial charge in [0.2, 0.25) is 0 Å². The van der Waals surface area contributed by atoms with E-state index >= 15 is 0 Å². The topological polar surface area (TPSA) is 88.0 Å². The molecule has 0 aliphatic carbocycles. The quantitative estimate of drug-likeness (QED) is 0.342. The number of unbranched alkanes of at least 4 members (excludes halogenated alkanes) is 5. The Morgan fingerprint density at radius 2 is 1.96 bits per heavy atom. The van der Waals surface area contributed by atoms with Gasteiger partial charge < -0.3 is 19.8 Å². The zero-order chi connectivity index (χ0) is 19.7. The summed E-state index contributed by atoms with van der Waals surface area (Å²) in [5.74, 6) is 0.645. The molecule has 0 spiro atoms. The van der Waals surface area contributed by atoms with Crippen molar-refractivity contribution >= 4 is 19.4 Å². The lowest BCUT2D eigenvalue weighted by atomic mass is 10.0. The summed E-state index contributed by atoms with van der Waals surface area (Å²) in [4.78, 5) is 17.5. The standard InChI is InChI=1S/C19H31ClNO5P/c1-2-3-4-5-6-7-8-15-9-10-19(18(20)11-15)26-17-12-16(21-13-17)14-25-27(22,23)24/h9-11,16-17,21H,2-8,12-14H2,1H3,(H2,22,23,24)/t16-,17-/m0/s1. The fourth-order valence-corrected chi connectivity index (χ4v) is 3.89. The highest BCUT2D eigenvalue weighted by molar-refractivity contribution is 7.46. The summed E-state index contributed by atoms with van der Waals surface area (Å²) in [7, 11) is -4.44. The van der Waals surface area contributed by atoms with Gasteiger partial charge in [-0.25, -0.2) is 4.57 Å². The Balaban J connectivity index is 1.73. The molecule has 1 aliphatic heterocycles. The third-order valence-electron chi connectivity index (χ3n) is 4.73. The van der Waals surface area contributed by atoms with Gasteiger partial charge in [-0.2, -0.15) is 0 Å². The minimum absolute atomic E-state index is 0.0466. The number of phosphoric acid groups is 1. The molecule has 1 aromatic rings. The molecule has 0 saturated carbocycles. The summed E-state index contributed by atoms with van der Waals surface area (Å²) < 4.78 is 21.3. The second-order valence-corrected chi connectivity index (χ2v) is 8.80. The Kier molecular flexibility index (Phi) is 9.57. The fourth-order valence-electron chi connectivity index (χ4n) is 3.27. The average molecular weight is 420 g/mol. The summed E-state index contributed by atoms with van der Waals surface area (Å²) in [6.45, 7) is 2.77. The van der Waals surface area contributed by atoms with Crippen LogP contribution in [-0.2, 0) is 15.5 Å². The van der Waals surface area contributed by atoms with Gasteiger partial charge in [-0.3, -0.25) is 4.52 Å². The van der Waals surface area contributed by atoms with Crippen molar-refractivity contribution in [3.8, 4) is 5.75 Å². The number of hydrogen-bond acceptors (Lipinski definition) is 4. The number of phosphoric ester groups is 1. The molecule has 1 heterocycles. The van der Waals surface area contributed by atoms with E-state index in [0.717, 1.165) is 6.42 Å². The average Bonchev–Trinajstić information content (AvgIpc) is 3.05. The minimum atomic E-state index is -4.44. The van der Waals surface area contributed by atoms with Crippen LogP contribution in [-0.4, -0.2) is 35.1 Å². The van der Waals surface area contributed by atoms with Gasteiger partial charge in [-0.15, -0.1) is 0 Å². The first-order valence-corrected chi connectivity index (χ1v) is 11.7. The molecule has 1 fully saturated rings. The van der Waals surface area contributed by atoms with Crippen LogP contribution in [0.15, 0.2) is 18.2 Å². The number of aryl methyl sites for hydroxylation is 1. The van der Waals surface area contributed by atoms with Gasteiger partial charge in [0.05, 0.1) is 11.6 Å². The Morgan fingerprint density at radius 1 is 1.22 bits per heavy atom. The summed E-state index contributed by atoms with van der Waals surface area (Å²) in [5.41, 5.74) is 1.22. The summed E-state index contributed by atoms with van der Waals surface area (Å²) in [6.07, 6.45) is 9.16. The lowest BCUT2D eigenvalue weighted by Crippen LogP contribution is -2.26. The summed E-state index contributed by atoms with van der Waals surface area (Å²) in [6, 6.07) is 5.80. The van der Waals surface area contributed by atoms with Gasteiger partial charge in [0.1, 0.15) is 11.9 Å². The zero-order valence-electron chi connectivity index (χ0n) is 15.9. The van der Waals surface area contributed by atoms with Crippen molar-refractivity contribution in [2.24, 2.45) is 0 Å². The van der Waals surface area contributed by atoms with Gasteiger partial charge >= 0.3 is 7.82 Å². The maximum Gasteiger partial charge on any atom is 0.469 e. The first-order chi connectivity index (χ1) is 12.9. The number of ether oxygens (including phenoxy) is 1. The zero-order valence-corrected chi connectivity index (χ0v) is 17.6. The van der Waals surface area contributed by atoms with E-state index in [0.29, 0.717) is 23.7 Å². The predicted octanol–water partition coefficient (Wildman–Crippen LogP) is 4.46. The smallest absolute Gasteiger partial charge is 0.469 e. The van der Waals surface area contributed by atoms with Crippen molar-refractivity contribution in [2.45, 2.75) is 70.4 Å². The van der Waals surface area contributed by atoms with Crippen LogP contribution in [0.4, 0.5) is 0 Å². The van der Waals surface area contributed by atoms with E-state index < -0.39 is 7.82 Å². The molecule has 0 aromatic heterocycles. The van der Waals surface area contributed by atoms with E-state index in [-0.39, 0.29) is 18.8 Å². The van der Waals surface area contributed by atoms with Crippen molar-refractivity contribution in [1.29, 1.82) is 0 Å². The Labute approximate surface area is 166 Å². The van der Waals surface area contributed by atoms with Crippen LogP contribution in [0.25, 0.3) is 0 Å². The predicted molar refractivity (Wildman–Crippen MR) is 107 cm³/mol. The van der Waals surface area contributed by atoms with Crippen molar-refractivity contribution < 1.29 is 23.6 Å². The number of nitrogens with one attached hydrogen (secondary N) is 1. The molecule has 1 aromatic carbocycles. The molecule has 2 atom stereocenters. The molecule has 0 bridgehead atoms.